The molecule has 100 valence electrons. The maximum atomic E-state index is 8.42. The highest BCUT2D eigenvalue weighted by atomic mass is 16.5. The lowest BCUT2D eigenvalue weighted by Gasteiger charge is -2.41. The smallest absolute Gasteiger partial charge is 0.139 e. The Bertz CT molecular complexity index is 266. The van der Waals surface area contributed by atoms with Crippen molar-refractivity contribution in [2.75, 3.05) is 19.6 Å². The highest BCUT2D eigenvalue weighted by molar-refractivity contribution is 5.79. The number of nitrogens with zero attached hydrogens (tertiary/aromatic N) is 2. The fourth-order valence-electron chi connectivity index (χ4n) is 2.45. The summed E-state index contributed by atoms with van der Waals surface area (Å²) in [5, 5.41) is 11.4. The summed E-state index contributed by atoms with van der Waals surface area (Å²) in [6.45, 7) is 9.40. The predicted molar refractivity (Wildman–Crippen MR) is 68.3 cm³/mol. The van der Waals surface area contributed by atoms with Crippen LogP contribution in [-0.4, -0.2) is 47.3 Å². The Balaban J connectivity index is 2.23. The van der Waals surface area contributed by atoms with Crippen LogP contribution in [0.2, 0.25) is 0 Å². The zero-order valence-electron chi connectivity index (χ0n) is 11.1. The number of unbranched alkanes of at least 4 members (excludes halogenated alkanes) is 1. The number of amidine groups is 1. The molecule has 0 aromatic heterocycles. The Kier molecular flexibility index (Phi) is 5.21. The SMILES string of the molecule is CC1CN(CCCCC(N)=NO)CC(C)(C)O1. The van der Waals surface area contributed by atoms with Gasteiger partial charge in [0.05, 0.1) is 11.7 Å². The van der Waals surface area contributed by atoms with E-state index in [9.17, 15) is 0 Å². The van der Waals surface area contributed by atoms with Crippen molar-refractivity contribution in [2.24, 2.45) is 10.9 Å². The van der Waals surface area contributed by atoms with E-state index in [1.54, 1.807) is 0 Å². The Morgan fingerprint density at radius 2 is 2.24 bits per heavy atom. The number of hydrogen-bond donors (Lipinski definition) is 2. The van der Waals surface area contributed by atoms with Gasteiger partial charge in [0.15, 0.2) is 0 Å². The molecule has 5 nitrogen and oxygen atoms in total. The van der Waals surface area contributed by atoms with Gasteiger partial charge in [-0.05, 0) is 40.2 Å². The van der Waals surface area contributed by atoms with E-state index in [2.05, 4.69) is 30.8 Å². The molecular weight excluding hydrogens is 218 g/mol. The van der Waals surface area contributed by atoms with Crippen LogP contribution in [-0.2, 0) is 4.74 Å². The molecule has 17 heavy (non-hydrogen) atoms. The molecule has 1 unspecified atom stereocenters. The van der Waals surface area contributed by atoms with Crippen molar-refractivity contribution in [2.45, 2.75) is 51.7 Å². The van der Waals surface area contributed by atoms with Gasteiger partial charge in [0, 0.05) is 19.5 Å². The minimum Gasteiger partial charge on any atom is -0.409 e. The second kappa shape index (κ2) is 6.21. The molecule has 0 bridgehead atoms. The van der Waals surface area contributed by atoms with E-state index in [0.717, 1.165) is 32.5 Å². The summed E-state index contributed by atoms with van der Waals surface area (Å²) in [5.74, 6) is 0.320. The van der Waals surface area contributed by atoms with E-state index in [1.165, 1.54) is 0 Å². The highest BCUT2D eigenvalue weighted by Crippen LogP contribution is 2.20. The van der Waals surface area contributed by atoms with E-state index in [1.807, 2.05) is 0 Å². The second-order valence-corrected chi connectivity index (χ2v) is 5.47. The van der Waals surface area contributed by atoms with E-state index < -0.39 is 0 Å². The lowest BCUT2D eigenvalue weighted by molar-refractivity contribution is -0.128. The van der Waals surface area contributed by atoms with Crippen LogP contribution in [0.4, 0.5) is 0 Å². The first kappa shape index (κ1) is 14.3. The maximum absolute atomic E-state index is 8.42. The third-order valence-electron chi connectivity index (χ3n) is 2.93. The van der Waals surface area contributed by atoms with Gasteiger partial charge in [-0.15, -0.1) is 0 Å². The maximum Gasteiger partial charge on any atom is 0.139 e. The summed E-state index contributed by atoms with van der Waals surface area (Å²) in [4.78, 5) is 2.43. The van der Waals surface area contributed by atoms with E-state index in [-0.39, 0.29) is 5.60 Å². The summed E-state index contributed by atoms with van der Waals surface area (Å²) in [5.41, 5.74) is 5.37. The van der Waals surface area contributed by atoms with Crippen LogP contribution in [0.15, 0.2) is 5.16 Å². The molecule has 5 heteroatoms. The Morgan fingerprint density at radius 3 is 2.82 bits per heavy atom. The molecule has 0 amide bonds. The normalized spacial score (nSPS) is 26.1. The monoisotopic (exact) mass is 243 g/mol. The number of rotatable bonds is 5. The average Bonchev–Trinajstić information content (AvgIpc) is 2.21. The predicted octanol–water partition coefficient (Wildman–Crippen LogP) is 1.40. The minimum atomic E-state index is -0.0523. The lowest BCUT2D eigenvalue weighted by atomic mass is 10.1. The van der Waals surface area contributed by atoms with Crippen LogP contribution in [0.1, 0.15) is 40.0 Å². The topological polar surface area (TPSA) is 71.1 Å². The Morgan fingerprint density at radius 1 is 1.53 bits per heavy atom. The third-order valence-corrected chi connectivity index (χ3v) is 2.93. The molecule has 0 spiro atoms. The van der Waals surface area contributed by atoms with E-state index >= 15 is 0 Å². The highest BCUT2D eigenvalue weighted by Gasteiger charge is 2.30. The number of oxime groups is 1. The van der Waals surface area contributed by atoms with Crippen molar-refractivity contribution in [3.05, 3.63) is 0 Å². The lowest BCUT2D eigenvalue weighted by Crippen LogP contribution is -2.51. The summed E-state index contributed by atoms with van der Waals surface area (Å²) in [6.07, 6.45) is 2.99. The summed E-state index contributed by atoms with van der Waals surface area (Å²) < 4.78 is 5.85. The fourth-order valence-corrected chi connectivity index (χ4v) is 2.45. The third kappa shape index (κ3) is 5.37. The van der Waals surface area contributed by atoms with Crippen molar-refractivity contribution < 1.29 is 9.94 Å². The molecule has 0 aromatic carbocycles. The summed E-state index contributed by atoms with van der Waals surface area (Å²) >= 11 is 0. The van der Waals surface area contributed by atoms with Crippen LogP contribution < -0.4 is 5.73 Å². The number of hydrogen-bond acceptors (Lipinski definition) is 4. The van der Waals surface area contributed by atoms with Gasteiger partial charge in [0.2, 0.25) is 0 Å². The molecule has 3 N–H and O–H groups in total. The first-order valence-electron chi connectivity index (χ1n) is 6.29. The summed E-state index contributed by atoms with van der Waals surface area (Å²) in [7, 11) is 0. The molecule has 0 radical (unpaired) electrons. The molecule has 0 aliphatic carbocycles. The summed E-state index contributed by atoms with van der Waals surface area (Å²) in [6, 6.07) is 0. The number of ether oxygens (including phenoxy) is 1. The molecule has 1 fully saturated rings. The van der Waals surface area contributed by atoms with E-state index in [0.29, 0.717) is 18.4 Å². The first-order valence-corrected chi connectivity index (χ1v) is 6.29. The zero-order chi connectivity index (χ0) is 12.9. The fraction of sp³-hybridized carbons (Fsp3) is 0.917. The zero-order valence-corrected chi connectivity index (χ0v) is 11.1. The van der Waals surface area contributed by atoms with Crippen LogP contribution in [0, 0.1) is 0 Å². The van der Waals surface area contributed by atoms with Crippen LogP contribution in [0.3, 0.4) is 0 Å². The number of nitrogens with two attached hydrogens (primary N) is 1. The number of morpholine rings is 1. The van der Waals surface area contributed by atoms with Gasteiger partial charge in [-0.1, -0.05) is 5.16 Å². The molecule has 1 aliphatic heterocycles. The van der Waals surface area contributed by atoms with Crippen LogP contribution >= 0.6 is 0 Å². The van der Waals surface area contributed by atoms with Crippen LogP contribution in [0.25, 0.3) is 0 Å². The second-order valence-electron chi connectivity index (χ2n) is 5.47. The van der Waals surface area contributed by atoms with Gasteiger partial charge in [-0.3, -0.25) is 4.90 Å². The molecule has 1 heterocycles. The molecule has 1 saturated heterocycles. The molecule has 1 aliphatic rings. The molecule has 0 saturated carbocycles. The average molecular weight is 243 g/mol. The minimum absolute atomic E-state index is 0.0523. The standard InChI is InChI=1S/C12H25N3O2/c1-10-8-15(9-12(2,3)17-10)7-5-4-6-11(13)14-16/h10,16H,4-9H2,1-3H3,(H2,13,14). The van der Waals surface area contributed by atoms with Crippen molar-refractivity contribution in [3.63, 3.8) is 0 Å². The first-order chi connectivity index (χ1) is 7.93. The van der Waals surface area contributed by atoms with Crippen molar-refractivity contribution in [1.82, 2.24) is 4.90 Å². The van der Waals surface area contributed by atoms with Crippen molar-refractivity contribution in [1.29, 1.82) is 0 Å². The van der Waals surface area contributed by atoms with Gasteiger partial charge in [0.25, 0.3) is 0 Å². The Labute approximate surface area is 104 Å². The van der Waals surface area contributed by atoms with Gasteiger partial charge in [0.1, 0.15) is 5.84 Å². The molecule has 1 atom stereocenters. The molecule has 0 aromatic rings. The van der Waals surface area contributed by atoms with Gasteiger partial charge in [-0.25, -0.2) is 0 Å². The van der Waals surface area contributed by atoms with Crippen LogP contribution in [0.5, 0.6) is 0 Å². The van der Waals surface area contributed by atoms with Gasteiger partial charge < -0.3 is 15.7 Å². The Hall–Kier alpha value is -0.810. The quantitative estimate of drug-likeness (QED) is 0.252. The largest absolute Gasteiger partial charge is 0.409 e. The van der Waals surface area contributed by atoms with Gasteiger partial charge >= 0.3 is 0 Å². The molecule has 1 rings (SSSR count). The van der Waals surface area contributed by atoms with Crippen molar-refractivity contribution >= 4 is 5.84 Å². The van der Waals surface area contributed by atoms with Gasteiger partial charge in [-0.2, -0.15) is 0 Å². The molecular formula is C12H25N3O2. The van der Waals surface area contributed by atoms with E-state index in [4.69, 9.17) is 15.7 Å². The van der Waals surface area contributed by atoms with Crippen molar-refractivity contribution in [3.8, 4) is 0 Å².